The molecular formula is C17H23NO5. The van der Waals surface area contributed by atoms with Crippen LogP contribution in [0.25, 0.3) is 0 Å². The van der Waals surface area contributed by atoms with E-state index in [0.717, 1.165) is 5.56 Å². The van der Waals surface area contributed by atoms with E-state index < -0.39 is 11.9 Å². The third-order valence-electron chi connectivity index (χ3n) is 3.16. The second-order valence-corrected chi connectivity index (χ2v) is 5.27. The molecule has 1 rings (SSSR count). The quantitative estimate of drug-likeness (QED) is 0.702. The first kappa shape index (κ1) is 18.7. The van der Waals surface area contributed by atoms with Gasteiger partial charge >= 0.3 is 11.9 Å². The lowest BCUT2D eigenvalue weighted by Gasteiger charge is -2.16. The van der Waals surface area contributed by atoms with Gasteiger partial charge < -0.3 is 14.8 Å². The minimum absolute atomic E-state index is 0.0931. The first-order valence-corrected chi connectivity index (χ1v) is 7.54. The van der Waals surface area contributed by atoms with E-state index in [1.165, 1.54) is 13.8 Å². The average Bonchev–Trinajstić information content (AvgIpc) is 2.52. The Kier molecular flexibility index (Phi) is 8.42. The molecule has 0 radical (unpaired) electrons. The van der Waals surface area contributed by atoms with E-state index in [0.29, 0.717) is 13.0 Å². The number of hydrogen-bond donors (Lipinski definition) is 1. The summed E-state index contributed by atoms with van der Waals surface area (Å²) in [6, 6.07) is 9.61. The molecule has 0 bridgehead atoms. The summed E-state index contributed by atoms with van der Waals surface area (Å²) < 4.78 is 9.87. The third-order valence-corrected chi connectivity index (χ3v) is 3.16. The topological polar surface area (TPSA) is 81.7 Å². The van der Waals surface area contributed by atoms with Gasteiger partial charge in [0, 0.05) is 32.7 Å². The van der Waals surface area contributed by atoms with Gasteiger partial charge in [-0.1, -0.05) is 30.3 Å². The van der Waals surface area contributed by atoms with Crippen molar-refractivity contribution in [1.82, 2.24) is 5.32 Å². The third kappa shape index (κ3) is 9.29. The Bertz CT molecular complexity index is 497. The normalized spacial score (nSPS) is 10.2. The van der Waals surface area contributed by atoms with Gasteiger partial charge in [-0.05, 0) is 12.0 Å². The van der Waals surface area contributed by atoms with Crippen LogP contribution in [0.4, 0.5) is 0 Å². The van der Waals surface area contributed by atoms with Crippen LogP contribution in [0.5, 0.6) is 0 Å². The molecule has 0 aromatic heterocycles. The first-order valence-electron chi connectivity index (χ1n) is 7.54. The molecule has 0 aliphatic rings. The highest BCUT2D eigenvalue weighted by molar-refractivity contribution is 5.75. The van der Waals surface area contributed by atoms with Gasteiger partial charge in [-0.3, -0.25) is 14.4 Å². The molecule has 1 aromatic rings. The predicted molar refractivity (Wildman–Crippen MR) is 84.3 cm³/mol. The number of ether oxygens (including phenoxy) is 2. The number of carbonyl (C=O) groups excluding carboxylic acids is 3. The lowest BCUT2D eigenvalue weighted by molar-refractivity contribution is -0.146. The van der Waals surface area contributed by atoms with Crippen molar-refractivity contribution in [3.8, 4) is 0 Å². The Morgan fingerprint density at radius 2 is 1.57 bits per heavy atom. The van der Waals surface area contributed by atoms with Crippen molar-refractivity contribution in [2.75, 3.05) is 13.2 Å². The van der Waals surface area contributed by atoms with E-state index in [-0.39, 0.29) is 31.5 Å². The van der Waals surface area contributed by atoms with Crippen molar-refractivity contribution in [1.29, 1.82) is 0 Å². The van der Waals surface area contributed by atoms with Gasteiger partial charge in [0.05, 0.1) is 13.2 Å². The van der Waals surface area contributed by atoms with Crippen molar-refractivity contribution < 1.29 is 23.9 Å². The number of rotatable bonds is 9. The van der Waals surface area contributed by atoms with Crippen LogP contribution in [0.15, 0.2) is 30.3 Å². The molecule has 23 heavy (non-hydrogen) atoms. The SMILES string of the molecule is CC(=O)OCC(CCC(=O)NCc1ccccc1)COC(C)=O. The fourth-order valence-electron chi connectivity index (χ4n) is 1.91. The monoisotopic (exact) mass is 321 g/mol. The van der Waals surface area contributed by atoms with Gasteiger partial charge in [0.25, 0.3) is 0 Å². The van der Waals surface area contributed by atoms with Crippen LogP contribution in [0.1, 0.15) is 32.3 Å². The highest BCUT2D eigenvalue weighted by Gasteiger charge is 2.15. The summed E-state index contributed by atoms with van der Waals surface area (Å²) in [6.45, 7) is 3.37. The number of hydrogen-bond acceptors (Lipinski definition) is 5. The summed E-state index contributed by atoms with van der Waals surface area (Å²) in [5.41, 5.74) is 1.03. The van der Waals surface area contributed by atoms with Gasteiger partial charge in [0.2, 0.25) is 5.91 Å². The Hall–Kier alpha value is -2.37. The maximum Gasteiger partial charge on any atom is 0.302 e. The highest BCUT2D eigenvalue weighted by atomic mass is 16.5. The minimum atomic E-state index is -0.397. The van der Waals surface area contributed by atoms with Crippen LogP contribution in [0, 0.1) is 5.92 Å². The second-order valence-electron chi connectivity index (χ2n) is 5.27. The van der Waals surface area contributed by atoms with Crippen molar-refractivity contribution in [3.05, 3.63) is 35.9 Å². The Morgan fingerprint density at radius 3 is 2.09 bits per heavy atom. The van der Waals surface area contributed by atoms with Crippen LogP contribution < -0.4 is 5.32 Å². The maximum atomic E-state index is 11.9. The first-order chi connectivity index (χ1) is 11.0. The summed E-state index contributed by atoms with van der Waals surface area (Å²) in [6.07, 6.45) is 0.751. The number of carbonyl (C=O) groups is 3. The molecule has 0 heterocycles. The fourth-order valence-corrected chi connectivity index (χ4v) is 1.91. The Morgan fingerprint density at radius 1 is 1.00 bits per heavy atom. The minimum Gasteiger partial charge on any atom is -0.465 e. The molecule has 0 saturated carbocycles. The molecule has 0 unspecified atom stereocenters. The van der Waals surface area contributed by atoms with Gasteiger partial charge in [-0.2, -0.15) is 0 Å². The molecule has 0 aliphatic carbocycles. The van der Waals surface area contributed by atoms with Gasteiger partial charge in [-0.25, -0.2) is 0 Å². The molecule has 6 nitrogen and oxygen atoms in total. The Labute approximate surface area is 136 Å². The van der Waals surface area contributed by atoms with Crippen LogP contribution in [-0.2, 0) is 30.4 Å². The molecule has 0 atom stereocenters. The van der Waals surface area contributed by atoms with Crippen LogP contribution >= 0.6 is 0 Å². The molecule has 1 amide bonds. The van der Waals surface area contributed by atoms with Crippen LogP contribution in [-0.4, -0.2) is 31.1 Å². The average molecular weight is 321 g/mol. The van der Waals surface area contributed by atoms with E-state index in [4.69, 9.17) is 9.47 Å². The van der Waals surface area contributed by atoms with Crippen molar-refractivity contribution in [2.45, 2.75) is 33.2 Å². The van der Waals surface area contributed by atoms with Crippen molar-refractivity contribution in [3.63, 3.8) is 0 Å². The molecule has 126 valence electrons. The van der Waals surface area contributed by atoms with Crippen molar-refractivity contribution >= 4 is 17.8 Å². The van der Waals surface area contributed by atoms with Gasteiger partial charge in [0.15, 0.2) is 0 Å². The number of benzene rings is 1. The summed E-state index contributed by atoms with van der Waals surface area (Å²) in [4.78, 5) is 33.6. The van der Waals surface area contributed by atoms with Crippen LogP contribution in [0.2, 0.25) is 0 Å². The number of amides is 1. The lowest BCUT2D eigenvalue weighted by Crippen LogP contribution is -2.25. The smallest absolute Gasteiger partial charge is 0.302 e. The van der Waals surface area contributed by atoms with Gasteiger partial charge in [-0.15, -0.1) is 0 Å². The zero-order valence-corrected chi connectivity index (χ0v) is 13.5. The van der Waals surface area contributed by atoms with E-state index in [1.807, 2.05) is 30.3 Å². The predicted octanol–water partition coefficient (Wildman–Crippen LogP) is 1.83. The fraction of sp³-hybridized carbons (Fsp3) is 0.471. The molecule has 0 fully saturated rings. The summed E-state index contributed by atoms with van der Waals surface area (Å²) in [5, 5.41) is 2.83. The number of esters is 2. The van der Waals surface area contributed by atoms with Gasteiger partial charge in [0.1, 0.15) is 0 Å². The largest absolute Gasteiger partial charge is 0.465 e. The van der Waals surface area contributed by atoms with E-state index >= 15 is 0 Å². The van der Waals surface area contributed by atoms with E-state index in [9.17, 15) is 14.4 Å². The number of nitrogens with one attached hydrogen (secondary N) is 1. The summed E-state index contributed by atoms with van der Waals surface area (Å²) in [5.74, 6) is -1.08. The second kappa shape index (κ2) is 10.4. The standard InChI is InChI=1S/C17H23NO5/c1-13(19)22-11-16(12-23-14(2)20)8-9-17(21)18-10-15-6-4-3-5-7-15/h3-7,16H,8-12H2,1-2H3,(H,18,21). The van der Waals surface area contributed by atoms with E-state index in [1.54, 1.807) is 0 Å². The van der Waals surface area contributed by atoms with E-state index in [2.05, 4.69) is 5.32 Å². The zero-order valence-electron chi connectivity index (χ0n) is 13.5. The summed E-state index contributed by atoms with van der Waals surface area (Å²) in [7, 11) is 0. The molecule has 0 spiro atoms. The van der Waals surface area contributed by atoms with Crippen LogP contribution in [0.3, 0.4) is 0 Å². The molecule has 0 aliphatic heterocycles. The molecule has 1 N–H and O–H groups in total. The lowest BCUT2D eigenvalue weighted by atomic mass is 10.0. The molecule has 0 saturated heterocycles. The molecule has 1 aromatic carbocycles. The zero-order chi connectivity index (χ0) is 17.1. The maximum absolute atomic E-state index is 11.9. The Balaban J connectivity index is 2.34. The highest BCUT2D eigenvalue weighted by Crippen LogP contribution is 2.09. The molecular weight excluding hydrogens is 298 g/mol. The summed E-state index contributed by atoms with van der Waals surface area (Å²) >= 11 is 0. The van der Waals surface area contributed by atoms with Crippen molar-refractivity contribution in [2.24, 2.45) is 5.92 Å². The molecule has 6 heteroatoms.